The second kappa shape index (κ2) is 6.98. The fourth-order valence-electron chi connectivity index (χ4n) is 2.16. The van der Waals surface area contributed by atoms with Gasteiger partial charge in [-0.1, -0.05) is 24.3 Å². The van der Waals surface area contributed by atoms with E-state index in [1.54, 1.807) is 20.1 Å². The molecule has 2 aromatic rings. The summed E-state index contributed by atoms with van der Waals surface area (Å²) < 4.78 is 11.0. The van der Waals surface area contributed by atoms with Gasteiger partial charge in [-0.2, -0.15) is 0 Å². The van der Waals surface area contributed by atoms with Crippen LogP contribution in [0.25, 0.3) is 0 Å². The number of amides is 1. The van der Waals surface area contributed by atoms with Crippen molar-refractivity contribution in [2.75, 3.05) is 12.4 Å². The predicted octanol–water partition coefficient (Wildman–Crippen LogP) is 3.72. The largest absolute Gasteiger partial charge is 0.497 e. The summed E-state index contributed by atoms with van der Waals surface area (Å²) in [5, 5.41) is 2.83. The Labute approximate surface area is 131 Å². The lowest BCUT2D eigenvalue weighted by Gasteiger charge is -2.18. The molecule has 0 aliphatic carbocycles. The van der Waals surface area contributed by atoms with Crippen LogP contribution in [0.5, 0.6) is 11.5 Å². The topological polar surface area (TPSA) is 47.6 Å². The fraction of sp³-hybridized carbons (Fsp3) is 0.278. The average molecular weight is 299 g/mol. The molecule has 0 heterocycles. The molecular formula is C18H21NO3. The number of ether oxygens (including phenoxy) is 2. The van der Waals surface area contributed by atoms with Crippen LogP contribution in [-0.4, -0.2) is 19.1 Å². The van der Waals surface area contributed by atoms with Crippen molar-refractivity contribution in [2.45, 2.75) is 26.9 Å². The molecule has 0 aliphatic heterocycles. The molecule has 0 unspecified atom stereocenters. The Balaban J connectivity index is 2.06. The number of anilines is 1. The molecule has 2 aromatic carbocycles. The first kappa shape index (κ1) is 15.9. The van der Waals surface area contributed by atoms with Gasteiger partial charge in [0.2, 0.25) is 0 Å². The summed E-state index contributed by atoms with van der Waals surface area (Å²) >= 11 is 0. The lowest BCUT2D eigenvalue weighted by molar-refractivity contribution is -0.122. The Morgan fingerprint density at radius 2 is 1.73 bits per heavy atom. The summed E-state index contributed by atoms with van der Waals surface area (Å²) in [6, 6.07) is 13.1. The molecule has 4 nitrogen and oxygen atoms in total. The number of carbonyl (C=O) groups excluding carboxylic acids is 1. The van der Waals surface area contributed by atoms with Crippen molar-refractivity contribution in [3.05, 3.63) is 53.6 Å². The number of aryl methyl sites for hydroxylation is 2. The average Bonchev–Trinajstić information content (AvgIpc) is 2.51. The van der Waals surface area contributed by atoms with Crippen LogP contribution in [0.15, 0.2) is 42.5 Å². The van der Waals surface area contributed by atoms with Crippen LogP contribution >= 0.6 is 0 Å². The zero-order valence-corrected chi connectivity index (χ0v) is 13.3. The van der Waals surface area contributed by atoms with Gasteiger partial charge < -0.3 is 14.8 Å². The van der Waals surface area contributed by atoms with E-state index in [9.17, 15) is 4.79 Å². The Morgan fingerprint density at radius 1 is 1.09 bits per heavy atom. The smallest absolute Gasteiger partial charge is 0.265 e. The third kappa shape index (κ3) is 3.79. The Morgan fingerprint density at radius 3 is 2.36 bits per heavy atom. The van der Waals surface area contributed by atoms with Crippen molar-refractivity contribution < 1.29 is 14.3 Å². The second-order valence-electron chi connectivity index (χ2n) is 5.20. The number of nitrogens with one attached hydrogen (secondary N) is 1. The zero-order chi connectivity index (χ0) is 16.1. The Hall–Kier alpha value is -2.49. The number of benzene rings is 2. The van der Waals surface area contributed by atoms with Crippen molar-refractivity contribution >= 4 is 11.6 Å². The zero-order valence-electron chi connectivity index (χ0n) is 13.3. The number of para-hydroxylation sites is 1. The minimum absolute atomic E-state index is 0.198. The maximum absolute atomic E-state index is 12.3. The standard InChI is InChI=1S/C18H21NO3/c1-12-7-5-8-13(2)17(12)22-14(3)18(20)19-15-9-6-10-16(11-15)21-4/h5-11,14H,1-4H3,(H,19,20)/t14-/m1/s1. The van der Waals surface area contributed by atoms with E-state index < -0.39 is 6.10 Å². The summed E-state index contributed by atoms with van der Waals surface area (Å²) in [5.74, 6) is 1.26. The second-order valence-corrected chi connectivity index (χ2v) is 5.20. The van der Waals surface area contributed by atoms with Gasteiger partial charge in [-0.25, -0.2) is 0 Å². The number of hydrogen-bond donors (Lipinski definition) is 1. The Kier molecular flexibility index (Phi) is 5.04. The normalized spacial score (nSPS) is 11.6. The molecule has 1 amide bonds. The highest BCUT2D eigenvalue weighted by molar-refractivity contribution is 5.94. The molecule has 0 radical (unpaired) electrons. The van der Waals surface area contributed by atoms with Gasteiger partial charge in [0.05, 0.1) is 7.11 Å². The summed E-state index contributed by atoms with van der Waals surface area (Å²) in [6.45, 7) is 5.67. The molecule has 0 fully saturated rings. The molecule has 4 heteroatoms. The van der Waals surface area contributed by atoms with Gasteiger partial charge >= 0.3 is 0 Å². The third-order valence-electron chi connectivity index (χ3n) is 3.41. The third-order valence-corrected chi connectivity index (χ3v) is 3.41. The fourth-order valence-corrected chi connectivity index (χ4v) is 2.16. The van der Waals surface area contributed by atoms with Crippen molar-refractivity contribution in [3.8, 4) is 11.5 Å². The van der Waals surface area contributed by atoms with E-state index in [-0.39, 0.29) is 5.91 Å². The van der Waals surface area contributed by atoms with Gasteiger partial charge in [0.1, 0.15) is 11.5 Å². The maximum atomic E-state index is 12.3. The molecule has 0 aromatic heterocycles. The lowest BCUT2D eigenvalue weighted by atomic mass is 10.1. The molecular weight excluding hydrogens is 278 g/mol. The first-order valence-electron chi connectivity index (χ1n) is 7.19. The SMILES string of the molecule is COc1cccc(NC(=O)[C@@H](C)Oc2c(C)cccc2C)c1. The molecule has 22 heavy (non-hydrogen) atoms. The van der Waals surface area contributed by atoms with E-state index in [4.69, 9.17) is 9.47 Å². The van der Waals surface area contributed by atoms with Gasteiger partial charge in [-0.15, -0.1) is 0 Å². The number of carbonyl (C=O) groups is 1. The highest BCUT2D eigenvalue weighted by atomic mass is 16.5. The van der Waals surface area contributed by atoms with E-state index in [0.29, 0.717) is 11.4 Å². The summed E-state index contributed by atoms with van der Waals surface area (Å²) in [4.78, 5) is 12.3. The van der Waals surface area contributed by atoms with E-state index in [0.717, 1.165) is 16.9 Å². The van der Waals surface area contributed by atoms with E-state index in [1.165, 1.54) is 0 Å². The van der Waals surface area contributed by atoms with Crippen molar-refractivity contribution in [3.63, 3.8) is 0 Å². The van der Waals surface area contributed by atoms with Gasteiger partial charge in [0.15, 0.2) is 6.10 Å². The summed E-state index contributed by atoms with van der Waals surface area (Å²) in [5.41, 5.74) is 2.71. The molecule has 0 aliphatic rings. The van der Waals surface area contributed by atoms with E-state index in [2.05, 4.69) is 5.32 Å². The molecule has 116 valence electrons. The summed E-state index contributed by atoms with van der Waals surface area (Å²) in [6.07, 6.45) is -0.592. The highest BCUT2D eigenvalue weighted by Crippen LogP contribution is 2.24. The maximum Gasteiger partial charge on any atom is 0.265 e. The first-order chi connectivity index (χ1) is 10.5. The van der Waals surface area contributed by atoms with E-state index >= 15 is 0 Å². The van der Waals surface area contributed by atoms with Gasteiger partial charge in [0.25, 0.3) is 5.91 Å². The molecule has 1 atom stereocenters. The van der Waals surface area contributed by atoms with Crippen LogP contribution in [0.2, 0.25) is 0 Å². The molecule has 0 saturated carbocycles. The summed E-state index contributed by atoms with van der Waals surface area (Å²) in [7, 11) is 1.59. The van der Waals surface area contributed by atoms with Crippen molar-refractivity contribution in [1.82, 2.24) is 0 Å². The molecule has 0 saturated heterocycles. The molecule has 0 spiro atoms. The molecule has 1 N–H and O–H groups in total. The lowest BCUT2D eigenvalue weighted by Crippen LogP contribution is -2.30. The highest BCUT2D eigenvalue weighted by Gasteiger charge is 2.17. The number of rotatable bonds is 5. The monoisotopic (exact) mass is 299 g/mol. The predicted molar refractivity (Wildman–Crippen MR) is 87.6 cm³/mol. The Bertz CT molecular complexity index is 647. The minimum atomic E-state index is -0.592. The van der Waals surface area contributed by atoms with Crippen molar-refractivity contribution in [1.29, 1.82) is 0 Å². The van der Waals surface area contributed by atoms with Gasteiger partial charge in [0, 0.05) is 11.8 Å². The van der Waals surface area contributed by atoms with Gasteiger partial charge in [-0.05, 0) is 44.0 Å². The number of hydrogen-bond acceptors (Lipinski definition) is 3. The van der Waals surface area contributed by atoms with E-state index in [1.807, 2.05) is 50.2 Å². The minimum Gasteiger partial charge on any atom is -0.497 e. The van der Waals surface area contributed by atoms with Crippen LogP contribution in [-0.2, 0) is 4.79 Å². The molecule has 2 rings (SSSR count). The first-order valence-corrected chi connectivity index (χ1v) is 7.19. The quantitative estimate of drug-likeness (QED) is 0.915. The number of methoxy groups -OCH3 is 1. The van der Waals surface area contributed by atoms with Crippen LogP contribution in [0.4, 0.5) is 5.69 Å². The van der Waals surface area contributed by atoms with Crippen molar-refractivity contribution in [2.24, 2.45) is 0 Å². The van der Waals surface area contributed by atoms with Gasteiger partial charge in [-0.3, -0.25) is 4.79 Å². The van der Waals surface area contributed by atoms with Crippen LogP contribution in [0.1, 0.15) is 18.1 Å². The van der Waals surface area contributed by atoms with Crippen LogP contribution < -0.4 is 14.8 Å². The van der Waals surface area contributed by atoms with Crippen LogP contribution in [0.3, 0.4) is 0 Å². The molecule has 0 bridgehead atoms. The van der Waals surface area contributed by atoms with Crippen LogP contribution in [0, 0.1) is 13.8 Å².